The van der Waals surface area contributed by atoms with E-state index in [4.69, 9.17) is 5.21 Å². The number of hydrogen-bond donors (Lipinski definition) is 1. The number of hydrogen-bond acceptors (Lipinski definition) is 4. The Morgan fingerprint density at radius 1 is 1.29 bits per heavy atom. The fraction of sp³-hybridized carbons (Fsp3) is 0. The molecule has 0 fully saturated rings. The molecule has 0 spiro atoms. The Labute approximate surface area is 80.3 Å². The monoisotopic (exact) mass is 188 g/mol. The average molecular weight is 188 g/mol. The summed E-state index contributed by atoms with van der Waals surface area (Å²) < 4.78 is 1.40. The quantitative estimate of drug-likeness (QED) is 0.314. The number of oxime groups is 1. The lowest BCUT2D eigenvalue weighted by Crippen LogP contribution is -2.13. The second-order valence-electron chi connectivity index (χ2n) is 2.63. The van der Waals surface area contributed by atoms with Crippen LogP contribution in [0.2, 0.25) is 0 Å². The third-order valence-corrected chi connectivity index (χ3v) is 1.76. The number of aromatic nitrogens is 3. The van der Waals surface area contributed by atoms with Crippen LogP contribution in [0.25, 0.3) is 0 Å². The first kappa shape index (κ1) is 8.43. The van der Waals surface area contributed by atoms with E-state index in [1.165, 1.54) is 17.3 Å². The van der Waals surface area contributed by atoms with Crippen LogP contribution >= 0.6 is 0 Å². The molecule has 0 saturated heterocycles. The Bertz CT molecular complexity index is 421. The van der Waals surface area contributed by atoms with Crippen molar-refractivity contribution >= 4 is 5.84 Å². The van der Waals surface area contributed by atoms with Gasteiger partial charge in [0.1, 0.15) is 12.7 Å². The third-order valence-electron chi connectivity index (χ3n) is 1.76. The van der Waals surface area contributed by atoms with E-state index in [9.17, 15) is 0 Å². The van der Waals surface area contributed by atoms with Gasteiger partial charge in [-0.15, -0.1) is 0 Å². The third kappa shape index (κ3) is 1.47. The first-order chi connectivity index (χ1) is 6.92. The van der Waals surface area contributed by atoms with Crippen LogP contribution in [0.3, 0.4) is 0 Å². The topological polar surface area (TPSA) is 63.3 Å². The molecule has 0 aliphatic heterocycles. The van der Waals surface area contributed by atoms with E-state index in [1.807, 2.05) is 30.3 Å². The lowest BCUT2D eigenvalue weighted by molar-refractivity contribution is 0.316. The molecular weight excluding hydrogens is 180 g/mol. The predicted molar refractivity (Wildman–Crippen MR) is 50.2 cm³/mol. The van der Waals surface area contributed by atoms with Crippen molar-refractivity contribution in [3.05, 3.63) is 48.5 Å². The maximum absolute atomic E-state index is 8.85. The molecule has 5 nitrogen and oxygen atoms in total. The Morgan fingerprint density at radius 3 is 2.64 bits per heavy atom. The van der Waals surface area contributed by atoms with Crippen molar-refractivity contribution in [3.8, 4) is 0 Å². The Balaban J connectivity index is 2.43. The van der Waals surface area contributed by atoms with Crippen molar-refractivity contribution in [2.24, 2.45) is 5.16 Å². The first-order valence-electron chi connectivity index (χ1n) is 4.04. The van der Waals surface area contributed by atoms with E-state index in [0.717, 1.165) is 5.56 Å². The van der Waals surface area contributed by atoms with Gasteiger partial charge < -0.3 is 5.21 Å². The van der Waals surface area contributed by atoms with Crippen LogP contribution in [0, 0.1) is 0 Å². The molecule has 0 aliphatic carbocycles. The van der Waals surface area contributed by atoms with E-state index < -0.39 is 0 Å². The molecule has 2 aromatic rings. The van der Waals surface area contributed by atoms with Gasteiger partial charge in [0, 0.05) is 5.56 Å². The fourth-order valence-corrected chi connectivity index (χ4v) is 1.14. The van der Waals surface area contributed by atoms with Gasteiger partial charge in [-0.25, -0.2) is 4.98 Å². The number of nitrogens with zero attached hydrogens (tertiary/aromatic N) is 4. The lowest BCUT2D eigenvalue weighted by atomic mass is 10.2. The summed E-state index contributed by atoms with van der Waals surface area (Å²) in [6.45, 7) is 0. The molecule has 0 saturated carbocycles. The molecule has 0 radical (unpaired) electrons. The summed E-state index contributed by atoms with van der Waals surface area (Å²) in [5.74, 6) is 0.350. The molecule has 0 amide bonds. The van der Waals surface area contributed by atoms with Crippen LogP contribution in [0.5, 0.6) is 0 Å². The van der Waals surface area contributed by atoms with Crippen molar-refractivity contribution < 1.29 is 5.21 Å². The molecule has 14 heavy (non-hydrogen) atoms. The van der Waals surface area contributed by atoms with Crippen LogP contribution in [0.15, 0.2) is 48.1 Å². The molecule has 0 unspecified atom stereocenters. The summed E-state index contributed by atoms with van der Waals surface area (Å²) in [6, 6.07) is 9.27. The van der Waals surface area contributed by atoms with Gasteiger partial charge in [-0.3, -0.25) is 0 Å². The zero-order valence-corrected chi connectivity index (χ0v) is 7.28. The normalized spacial score (nSPS) is 11.6. The molecule has 1 heterocycles. The molecule has 0 bridgehead atoms. The predicted octanol–water partition coefficient (Wildman–Crippen LogP) is 0.962. The van der Waals surface area contributed by atoms with E-state index in [0.29, 0.717) is 5.84 Å². The van der Waals surface area contributed by atoms with Crippen LogP contribution in [-0.2, 0) is 0 Å². The summed E-state index contributed by atoms with van der Waals surface area (Å²) in [6.07, 6.45) is 2.86. The Kier molecular flexibility index (Phi) is 2.22. The maximum Gasteiger partial charge on any atom is 0.201 e. The van der Waals surface area contributed by atoms with Gasteiger partial charge in [0.05, 0.1) is 0 Å². The molecule has 1 aromatic carbocycles. The average Bonchev–Trinajstić information content (AvgIpc) is 2.74. The molecule has 2 rings (SSSR count). The van der Waals surface area contributed by atoms with Crippen LogP contribution in [-0.4, -0.2) is 25.8 Å². The van der Waals surface area contributed by atoms with Gasteiger partial charge >= 0.3 is 0 Å². The summed E-state index contributed by atoms with van der Waals surface area (Å²) in [5.41, 5.74) is 0.778. The molecule has 70 valence electrons. The van der Waals surface area contributed by atoms with Gasteiger partial charge in [0.2, 0.25) is 5.84 Å². The van der Waals surface area contributed by atoms with Crippen molar-refractivity contribution in [1.82, 2.24) is 14.8 Å². The summed E-state index contributed by atoms with van der Waals surface area (Å²) >= 11 is 0. The smallest absolute Gasteiger partial charge is 0.201 e. The van der Waals surface area contributed by atoms with Crippen molar-refractivity contribution in [2.75, 3.05) is 0 Å². The van der Waals surface area contributed by atoms with E-state index >= 15 is 0 Å². The molecule has 1 aromatic heterocycles. The molecule has 5 heteroatoms. The van der Waals surface area contributed by atoms with Crippen LogP contribution < -0.4 is 0 Å². The highest BCUT2D eigenvalue weighted by Gasteiger charge is 2.05. The van der Waals surface area contributed by atoms with E-state index in [1.54, 1.807) is 0 Å². The highest BCUT2D eigenvalue weighted by molar-refractivity contribution is 5.99. The minimum Gasteiger partial charge on any atom is -0.409 e. The minimum atomic E-state index is 0.350. The SMILES string of the molecule is ON=C(c1ccccc1)n1cncn1. The molecule has 0 atom stereocenters. The standard InChI is InChI=1S/C9H8N4O/c14-12-9(13-7-10-6-11-13)8-4-2-1-3-5-8/h1-7,14H. The summed E-state index contributed by atoms with van der Waals surface area (Å²) in [5, 5.41) is 15.9. The highest BCUT2D eigenvalue weighted by Crippen LogP contribution is 2.01. The Hall–Kier alpha value is -2.17. The fourth-order valence-electron chi connectivity index (χ4n) is 1.14. The molecule has 0 aliphatic rings. The number of rotatable bonds is 1. The van der Waals surface area contributed by atoms with Gasteiger partial charge in [-0.05, 0) is 0 Å². The number of benzene rings is 1. The zero-order valence-electron chi connectivity index (χ0n) is 7.28. The van der Waals surface area contributed by atoms with Crippen molar-refractivity contribution in [3.63, 3.8) is 0 Å². The summed E-state index contributed by atoms with van der Waals surface area (Å²) in [7, 11) is 0. The minimum absolute atomic E-state index is 0.350. The van der Waals surface area contributed by atoms with Gasteiger partial charge in [-0.2, -0.15) is 9.78 Å². The lowest BCUT2D eigenvalue weighted by Gasteiger charge is -2.02. The van der Waals surface area contributed by atoms with Crippen LogP contribution in [0.4, 0.5) is 0 Å². The van der Waals surface area contributed by atoms with E-state index in [-0.39, 0.29) is 0 Å². The molecular formula is C9H8N4O. The maximum atomic E-state index is 8.85. The van der Waals surface area contributed by atoms with Crippen molar-refractivity contribution in [1.29, 1.82) is 0 Å². The second-order valence-corrected chi connectivity index (χ2v) is 2.63. The second kappa shape index (κ2) is 3.69. The Morgan fingerprint density at radius 2 is 2.07 bits per heavy atom. The van der Waals surface area contributed by atoms with Crippen LogP contribution in [0.1, 0.15) is 5.56 Å². The van der Waals surface area contributed by atoms with E-state index in [2.05, 4.69) is 15.2 Å². The van der Waals surface area contributed by atoms with Crippen molar-refractivity contribution in [2.45, 2.75) is 0 Å². The molecule has 1 N–H and O–H groups in total. The van der Waals surface area contributed by atoms with Gasteiger partial charge in [0.25, 0.3) is 0 Å². The highest BCUT2D eigenvalue weighted by atomic mass is 16.4. The largest absolute Gasteiger partial charge is 0.409 e. The zero-order chi connectivity index (χ0) is 9.80. The first-order valence-corrected chi connectivity index (χ1v) is 4.04. The van der Waals surface area contributed by atoms with Gasteiger partial charge in [-0.1, -0.05) is 35.5 Å². The summed E-state index contributed by atoms with van der Waals surface area (Å²) in [4.78, 5) is 3.78. The van der Waals surface area contributed by atoms with Gasteiger partial charge in [0.15, 0.2) is 0 Å².